The lowest BCUT2D eigenvalue weighted by Gasteiger charge is -2.08. The minimum Gasteiger partial charge on any atom is -0.0654 e. The third-order valence-electron chi connectivity index (χ3n) is 5.35. The van der Waals surface area contributed by atoms with E-state index in [1.54, 1.807) is 0 Å². The van der Waals surface area contributed by atoms with E-state index in [0.29, 0.717) is 0 Å². The summed E-state index contributed by atoms with van der Waals surface area (Å²) in [6, 6.07) is 0. The van der Waals surface area contributed by atoms with Gasteiger partial charge in [0.05, 0.1) is 0 Å². The van der Waals surface area contributed by atoms with Gasteiger partial charge in [-0.3, -0.25) is 0 Å². The van der Waals surface area contributed by atoms with Gasteiger partial charge in [0.15, 0.2) is 0 Å². The highest BCUT2D eigenvalue weighted by Gasteiger charge is 1.98. The predicted octanol–water partition coefficient (Wildman–Crippen LogP) is 9.67. The average Bonchev–Trinajstić information content (AvgIpc) is 2.62. The first-order valence-corrected chi connectivity index (χ1v) is 11.5. The second-order valence-corrected chi connectivity index (χ2v) is 7.78. The summed E-state index contributed by atoms with van der Waals surface area (Å²) in [5.41, 5.74) is 0. The van der Waals surface area contributed by atoms with Gasteiger partial charge in [-0.05, 0) is 17.8 Å². The second-order valence-electron chi connectivity index (χ2n) is 7.78. The zero-order valence-electron chi connectivity index (χ0n) is 19.2. The standard InChI is InChI=1S/3C8H18/c2*1-4-6-7-8(3)5-2;1-4-7-8(5-2)6-3/h3*8H,4-7H2,1-3H3. The molecule has 0 amide bonds. The Morgan fingerprint density at radius 1 is 0.458 bits per heavy atom. The molecule has 0 heteroatoms. The van der Waals surface area contributed by atoms with E-state index in [1.165, 1.54) is 77.0 Å². The fourth-order valence-corrected chi connectivity index (χ4v) is 2.62. The van der Waals surface area contributed by atoms with Gasteiger partial charge in [-0.15, -0.1) is 0 Å². The first-order valence-electron chi connectivity index (χ1n) is 11.5. The highest BCUT2D eigenvalue weighted by atomic mass is 14.0. The Labute approximate surface area is 157 Å². The molecule has 0 aliphatic carbocycles. The van der Waals surface area contributed by atoms with Crippen LogP contribution in [-0.2, 0) is 0 Å². The van der Waals surface area contributed by atoms with Gasteiger partial charge in [0.25, 0.3) is 0 Å². The van der Waals surface area contributed by atoms with Crippen molar-refractivity contribution >= 4 is 0 Å². The third kappa shape index (κ3) is 26.9. The topological polar surface area (TPSA) is 0 Å². The van der Waals surface area contributed by atoms with Gasteiger partial charge in [-0.25, -0.2) is 0 Å². The van der Waals surface area contributed by atoms with Gasteiger partial charge in [-0.1, -0.05) is 139 Å². The van der Waals surface area contributed by atoms with Crippen molar-refractivity contribution in [2.45, 2.75) is 139 Å². The molecule has 0 heterocycles. The molecule has 0 aromatic heterocycles. The van der Waals surface area contributed by atoms with E-state index in [2.05, 4.69) is 62.3 Å². The average molecular weight is 343 g/mol. The molecular formula is C24H54. The fraction of sp³-hybridized carbons (Fsp3) is 1.00. The monoisotopic (exact) mass is 342 g/mol. The highest BCUT2D eigenvalue weighted by Crippen LogP contribution is 2.13. The van der Waals surface area contributed by atoms with Crippen LogP contribution in [0.25, 0.3) is 0 Å². The Kier molecular flexibility index (Phi) is 30.3. The Morgan fingerprint density at radius 2 is 0.833 bits per heavy atom. The molecule has 0 aliphatic heterocycles. The van der Waals surface area contributed by atoms with Crippen molar-refractivity contribution in [1.29, 1.82) is 0 Å². The van der Waals surface area contributed by atoms with Crippen LogP contribution in [0.1, 0.15) is 139 Å². The van der Waals surface area contributed by atoms with Crippen molar-refractivity contribution in [2.24, 2.45) is 17.8 Å². The normalized spacial score (nSPS) is 12.8. The second kappa shape index (κ2) is 25.2. The van der Waals surface area contributed by atoms with Gasteiger partial charge >= 0.3 is 0 Å². The predicted molar refractivity (Wildman–Crippen MR) is 117 cm³/mol. The molecule has 2 unspecified atom stereocenters. The molecule has 0 saturated carbocycles. The fourth-order valence-electron chi connectivity index (χ4n) is 2.62. The molecule has 150 valence electrons. The smallest absolute Gasteiger partial charge is 0.0420 e. The van der Waals surface area contributed by atoms with Crippen LogP contribution in [0.2, 0.25) is 0 Å². The van der Waals surface area contributed by atoms with Crippen molar-refractivity contribution < 1.29 is 0 Å². The summed E-state index contributed by atoms with van der Waals surface area (Å²) in [6.07, 6.45) is 16.6. The Balaban J connectivity index is -0.000000276. The van der Waals surface area contributed by atoms with Crippen molar-refractivity contribution in [1.82, 2.24) is 0 Å². The van der Waals surface area contributed by atoms with Crippen molar-refractivity contribution in [3.05, 3.63) is 0 Å². The highest BCUT2D eigenvalue weighted by molar-refractivity contribution is 4.51. The lowest BCUT2D eigenvalue weighted by Crippen LogP contribution is -1.94. The van der Waals surface area contributed by atoms with E-state index in [4.69, 9.17) is 0 Å². The van der Waals surface area contributed by atoms with Crippen LogP contribution in [0.5, 0.6) is 0 Å². The van der Waals surface area contributed by atoms with Gasteiger partial charge < -0.3 is 0 Å². The molecule has 0 aliphatic rings. The Bertz CT molecular complexity index is 166. The summed E-state index contributed by atoms with van der Waals surface area (Å²) in [7, 11) is 0. The summed E-state index contributed by atoms with van der Waals surface area (Å²) in [5, 5.41) is 0. The zero-order chi connectivity index (χ0) is 19.2. The van der Waals surface area contributed by atoms with Crippen LogP contribution in [-0.4, -0.2) is 0 Å². The van der Waals surface area contributed by atoms with Crippen molar-refractivity contribution in [3.8, 4) is 0 Å². The van der Waals surface area contributed by atoms with Gasteiger partial charge in [0.1, 0.15) is 0 Å². The van der Waals surface area contributed by atoms with Crippen LogP contribution in [0.3, 0.4) is 0 Å². The number of unbranched alkanes of at least 4 members (excludes halogenated alkanes) is 2. The number of hydrogen-bond acceptors (Lipinski definition) is 0. The van der Waals surface area contributed by atoms with E-state index >= 15 is 0 Å². The molecule has 0 aromatic carbocycles. The molecule has 0 aromatic rings. The van der Waals surface area contributed by atoms with Crippen LogP contribution in [0, 0.1) is 17.8 Å². The quantitative estimate of drug-likeness (QED) is 0.331. The number of rotatable bonds is 12. The molecule has 2 atom stereocenters. The molecule has 0 spiro atoms. The lowest BCUT2D eigenvalue weighted by atomic mass is 9.98. The van der Waals surface area contributed by atoms with Crippen LogP contribution >= 0.6 is 0 Å². The summed E-state index contributed by atoms with van der Waals surface area (Å²) in [4.78, 5) is 0. The van der Waals surface area contributed by atoms with E-state index in [9.17, 15) is 0 Å². The minimum atomic E-state index is 0.954. The van der Waals surface area contributed by atoms with Crippen LogP contribution < -0.4 is 0 Å². The maximum atomic E-state index is 2.33. The molecule has 0 radical (unpaired) electrons. The zero-order valence-corrected chi connectivity index (χ0v) is 19.2. The molecule has 0 bridgehead atoms. The van der Waals surface area contributed by atoms with E-state index in [1.807, 2.05) is 0 Å². The van der Waals surface area contributed by atoms with E-state index in [0.717, 1.165) is 17.8 Å². The molecule has 0 N–H and O–H groups in total. The van der Waals surface area contributed by atoms with Crippen LogP contribution in [0.15, 0.2) is 0 Å². The Morgan fingerprint density at radius 3 is 1.00 bits per heavy atom. The summed E-state index contributed by atoms with van der Waals surface area (Å²) < 4.78 is 0. The molecule has 24 heavy (non-hydrogen) atoms. The molecular weight excluding hydrogens is 288 g/mol. The SMILES string of the molecule is CCCC(CC)CC.CCCCC(C)CC.CCCCC(C)CC. The third-order valence-corrected chi connectivity index (χ3v) is 5.35. The molecule has 0 fully saturated rings. The van der Waals surface area contributed by atoms with E-state index in [-0.39, 0.29) is 0 Å². The minimum absolute atomic E-state index is 0.954. The Hall–Kier alpha value is 0. The first-order chi connectivity index (χ1) is 11.5. The van der Waals surface area contributed by atoms with Crippen molar-refractivity contribution in [3.63, 3.8) is 0 Å². The molecule has 0 saturated heterocycles. The number of hydrogen-bond donors (Lipinski definition) is 0. The lowest BCUT2D eigenvalue weighted by molar-refractivity contribution is 0.451. The largest absolute Gasteiger partial charge is 0.0654 e. The molecule has 0 rings (SSSR count). The van der Waals surface area contributed by atoms with Gasteiger partial charge in [0, 0.05) is 0 Å². The molecule has 0 nitrogen and oxygen atoms in total. The maximum absolute atomic E-state index is 2.33. The summed E-state index contributed by atoms with van der Waals surface area (Å²) >= 11 is 0. The summed E-state index contributed by atoms with van der Waals surface area (Å²) in [6.45, 7) is 20.5. The van der Waals surface area contributed by atoms with Crippen molar-refractivity contribution in [2.75, 3.05) is 0 Å². The first kappa shape index (κ1) is 28.8. The maximum Gasteiger partial charge on any atom is -0.0420 e. The van der Waals surface area contributed by atoms with Crippen LogP contribution in [0.4, 0.5) is 0 Å². The van der Waals surface area contributed by atoms with Gasteiger partial charge in [-0.2, -0.15) is 0 Å². The summed E-state index contributed by atoms with van der Waals surface area (Å²) in [5.74, 6) is 2.91. The van der Waals surface area contributed by atoms with Gasteiger partial charge in [0.2, 0.25) is 0 Å². The van der Waals surface area contributed by atoms with E-state index < -0.39 is 0 Å².